The molecule has 1 rings (SSSR count). The molecule has 1 N–H and O–H groups in total. The highest BCUT2D eigenvalue weighted by Crippen LogP contribution is 2.18. The summed E-state index contributed by atoms with van der Waals surface area (Å²) in [5.74, 6) is 0.929. The summed E-state index contributed by atoms with van der Waals surface area (Å²) in [5.41, 5.74) is -0.0994. The molecule has 0 aliphatic rings. The van der Waals surface area contributed by atoms with E-state index < -0.39 is 0 Å². The van der Waals surface area contributed by atoms with Crippen molar-refractivity contribution >= 4 is 16.7 Å². The normalized spacial score (nSPS) is 11.7. The number of methoxy groups -OCH3 is 1. The van der Waals surface area contributed by atoms with E-state index in [1.165, 1.54) is 11.5 Å². The quantitative estimate of drug-likeness (QED) is 0.813. The third-order valence-corrected chi connectivity index (χ3v) is 2.56. The molecule has 5 heteroatoms. The summed E-state index contributed by atoms with van der Waals surface area (Å²) in [6.07, 6.45) is 2.03. The van der Waals surface area contributed by atoms with Crippen LogP contribution < -0.4 is 5.32 Å². The second-order valence-electron chi connectivity index (χ2n) is 4.21. The first-order chi connectivity index (χ1) is 7.07. The zero-order valence-corrected chi connectivity index (χ0v) is 10.6. The van der Waals surface area contributed by atoms with Crippen molar-refractivity contribution in [1.82, 2.24) is 9.36 Å². The van der Waals surface area contributed by atoms with Crippen molar-refractivity contribution in [1.29, 1.82) is 0 Å². The number of ether oxygens (including phenoxy) is 1. The number of nitrogens with one attached hydrogen (secondary N) is 1. The molecule has 0 saturated heterocycles. The van der Waals surface area contributed by atoms with Crippen LogP contribution in [0.4, 0.5) is 5.13 Å². The summed E-state index contributed by atoms with van der Waals surface area (Å²) in [4.78, 5) is 4.41. The van der Waals surface area contributed by atoms with Crippen LogP contribution in [0.15, 0.2) is 0 Å². The molecule has 0 aliphatic carbocycles. The Balaban J connectivity index is 2.56. The summed E-state index contributed by atoms with van der Waals surface area (Å²) in [6.45, 7) is 6.94. The van der Waals surface area contributed by atoms with Crippen LogP contribution in [0, 0.1) is 0 Å². The molecule has 0 spiro atoms. The fraction of sp³-hybridized carbons (Fsp3) is 0.800. The van der Waals surface area contributed by atoms with Crippen molar-refractivity contribution in [2.75, 3.05) is 19.0 Å². The van der Waals surface area contributed by atoms with Crippen molar-refractivity contribution in [2.45, 2.75) is 39.2 Å². The average Bonchev–Trinajstić information content (AvgIpc) is 2.52. The van der Waals surface area contributed by atoms with Gasteiger partial charge in [-0.05, 0) is 20.3 Å². The molecule has 0 fully saturated rings. The lowest BCUT2D eigenvalue weighted by atomic mass is 10.1. The topological polar surface area (TPSA) is 47.0 Å². The largest absolute Gasteiger partial charge is 0.382 e. The molecule has 0 atom stereocenters. The van der Waals surface area contributed by atoms with Crippen LogP contribution in [0.1, 0.15) is 33.0 Å². The molecular weight excluding hydrogens is 210 g/mol. The maximum atomic E-state index is 5.13. The van der Waals surface area contributed by atoms with E-state index in [2.05, 4.69) is 35.4 Å². The molecule has 0 bridgehead atoms. The maximum absolute atomic E-state index is 5.13. The number of aryl methyl sites for hydroxylation is 1. The van der Waals surface area contributed by atoms with Crippen LogP contribution in [-0.2, 0) is 11.2 Å². The van der Waals surface area contributed by atoms with E-state index in [1.54, 1.807) is 7.11 Å². The molecule has 0 aliphatic heterocycles. The SMILES string of the molecule is CCCc1nsc(NC(C)(C)COC)n1. The van der Waals surface area contributed by atoms with Gasteiger partial charge in [-0.1, -0.05) is 6.92 Å². The molecule has 1 aromatic heterocycles. The van der Waals surface area contributed by atoms with Gasteiger partial charge in [-0.2, -0.15) is 4.37 Å². The van der Waals surface area contributed by atoms with Gasteiger partial charge >= 0.3 is 0 Å². The van der Waals surface area contributed by atoms with E-state index in [0.717, 1.165) is 23.8 Å². The molecule has 1 heterocycles. The van der Waals surface area contributed by atoms with Gasteiger partial charge in [0.1, 0.15) is 5.82 Å². The molecule has 0 radical (unpaired) electrons. The summed E-state index contributed by atoms with van der Waals surface area (Å²) >= 11 is 1.41. The van der Waals surface area contributed by atoms with Crippen LogP contribution in [0.2, 0.25) is 0 Å². The van der Waals surface area contributed by atoms with E-state index in [-0.39, 0.29) is 5.54 Å². The van der Waals surface area contributed by atoms with Gasteiger partial charge in [0.2, 0.25) is 5.13 Å². The van der Waals surface area contributed by atoms with Gasteiger partial charge < -0.3 is 10.1 Å². The average molecular weight is 229 g/mol. The zero-order valence-electron chi connectivity index (χ0n) is 9.83. The molecule has 86 valence electrons. The Labute approximate surface area is 95.2 Å². The number of hydrogen-bond acceptors (Lipinski definition) is 5. The van der Waals surface area contributed by atoms with Gasteiger partial charge in [0.15, 0.2) is 0 Å². The lowest BCUT2D eigenvalue weighted by molar-refractivity contribution is 0.158. The minimum absolute atomic E-state index is 0.0994. The van der Waals surface area contributed by atoms with E-state index in [4.69, 9.17) is 4.74 Å². The number of aromatic nitrogens is 2. The van der Waals surface area contributed by atoms with Gasteiger partial charge in [0.05, 0.1) is 12.1 Å². The second kappa shape index (κ2) is 5.42. The Morgan fingerprint density at radius 2 is 2.20 bits per heavy atom. The third-order valence-electron chi connectivity index (χ3n) is 1.89. The van der Waals surface area contributed by atoms with E-state index in [9.17, 15) is 0 Å². The van der Waals surface area contributed by atoms with Gasteiger partial charge in [-0.15, -0.1) is 0 Å². The predicted molar refractivity (Wildman–Crippen MR) is 63.5 cm³/mol. The van der Waals surface area contributed by atoms with Gasteiger partial charge in [0.25, 0.3) is 0 Å². The lowest BCUT2D eigenvalue weighted by Gasteiger charge is -2.24. The second-order valence-corrected chi connectivity index (χ2v) is 4.96. The van der Waals surface area contributed by atoms with Gasteiger partial charge in [-0.3, -0.25) is 0 Å². The van der Waals surface area contributed by atoms with Gasteiger partial charge in [-0.25, -0.2) is 4.98 Å². The smallest absolute Gasteiger partial charge is 0.203 e. The van der Waals surface area contributed by atoms with E-state index in [1.807, 2.05) is 0 Å². The predicted octanol–water partition coefficient (Wildman–Crippen LogP) is 2.33. The maximum Gasteiger partial charge on any atom is 0.203 e. The highest BCUT2D eigenvalue weighted by molar-refractivity contribution is 7.09. The Bertz CT molecular complexity index is 299. The number of anilines is 1. The minimum atomic E-state index is -0.0994. The number of nitrogens with zero attached hydrogens (tertiary/aromatic N) is 2. The van der Waals surface area contributed by atoms with Crippen molar-refractivity contribution in [3.63, 3.8) is 0 Å². The molecule has 1 aromatic rings. The Morgan fingerprint density at radius 1 is 1.47 bits per heavy atom. The van der Waals surface area contributed by atoms with E-state index in [0.29, 0.717) is 6.61 Å². The monoisotopic (exact) mass is 229 g/mol. The molecule has 0 unspecified atom stereocenters. The Kier molecular flexibility index (Phi) is 4.47. The Morgan fingerprint density at radius 3 is 2.80 bits per heavy atom. The van der Waals surface area contributed by atoms with Crippen molar-refractivity contribution in [3.8, 4) is 0 Å². The zero-order chi connectivity index (χ0) is 11.3. The fourth-order valence-electron chi connectivity index (χ4n) is 1.32. The summed E-state index contributed by atoms with van der Waals surface area (Å²) in [5, 5.41) is 4.19. The van der Waals surface area contributed by atoms with Crippen molar-refractivity contribution in [2.24, 2.45) is 0 Å². The molecule has 15 heavy (non-hydrogen) atoms. The first-order valence-electron chi connectivity index (χ1n) is 5.17. The minimum Gasteiger partial charge on any atom is -0.382 e. The summed E-state index contributed by atoms with van der Waals surface area (Å²) < 4.78 is 9.40. The lowest BCUT2D eigenvalue weighted by Crippen LogP contribution is -2.35. The van der Waals surface area contributed by atoms with Crippen molar-refractivity contribution < 1.29 is 4.74 Å². The summed E-state index contributed by atoms with van der Waals surface area (Å²) in [6, 6.07) is 0. The molecule has 0 amide bonds. The molecule has 4 nitrogen and oxygen atoms in total. The molecule has 0 aromatic carbocycles. The van der Waals surface area contributed by atoms with Gasteiger partial charge in [0, 0.05) is 25.1 Å². The number of rotatable bonds is 6. The van der Waals surface area contributed by atoms with Crippen LogP contribution in [0.25, 0.3) is 0 Å². The van der Waals surface area contributed by atoms with Crippen LogP contribution in [0.3, 0.4) is 0 Å². The first-order valence-corrected chi connectivity index (χ1v) is 5.94. The van der Waals surface area contributed by atoms with Crippen LogP contribution in [0.5, 0.6) is 0 Å². The Hall–Kier alpha value is -0.680. The standard InChI is InChI=1S/C10H19N3OS/c1-5-6-8-11-9(15-13-8)12-10(2,3)7-14-4/h5-7H2,1-4H3,(H,11,12,13). The fourth-order valence-corrected chi connectivity index (χ4v) is 2.11. The van der Waals surface area contributed by atoms with Crippen LogP contribution >= 0.6 is 11.5 Å². The van der Waals surface area contributed by atoms with E-state index >= 15 is 0 Å². The highest BCUT2D eigenvalue weighted by atomic mass is 32.1. The first kappa shape index (κ1) is 12.4. The van der Waals surface area contributed by atoms with Crippen molar-refractivity contribution in [3.05, 3.63) is 5.82 Å². The number of hydrogen-bond donors (Lipinski definition) is 1. The third kappa shape index (κ3) is 4.13. The summed E-state index contributed by atoms with van der Waals surface area (Å²) in [7, 11) is 1.70. The highest BCUT2D eigenvalue weighted by Gasteiger charge is 2.18. The van der Waals surface area contributed by atoms with Crippen LogP contribution in [-0.4, -0.2) is 28.6 Å². The molecular formula is C10H19N3OS. The molecule has 0 saturated carbocycles.